The zero-order chi connectivity index (χ0) is 16.4. The van der Waals surface area contributed by atoms with E-state index in [-0.39, 0.29) is 6.04 Å². The fourth-order valence-electron chi connectivity index (χ4n) is 1.37. The maximum atomic E-state index is 9.85. The Balaban J connectivity index is 0.000000400. The number of rotatable bonds is 6. The van der Waals surface area contributed by atoms with Crippen LogP contribution in [0.15, 0.2) is 30.3 Å². The van der Waals surface area contributed by atoms with Crippen molar-refractivity contribution in [1.29, 1.82) is 0 Å². The molecule has 0 bridgehead atoms. The second-order valence-corrected chi connectivity index (χ2v) is 4.48. The van der Waals surface area contributed by atoms with Crippen molar-refractivity contribution in [1.82, 2.24) is 5.32 Å². The number of carbonyl (C=O) groups is 2. The topological polar surface area (TPSA) is 133 Å². The number of nitrogens with one attached hydrogen (secondary N) is 1. The molecule has 1 unspecified atom stereocenters. The molecule has 3 atom stereocenters. The Morgan fingerprint density at radius 1 is 1.24 bits per heavy atom. The van der Waals surface area contributed by atoms with Crippen molar-refractivity contribution in [3.63, 3.8) is 0 Å². The lowest BCUT2D eigenvalue weighted by molar-refractivity contribution is -0.144. The molecule has 0 heterocycles. The summed E-state index contributed by atoms with van der Waals surface area (Å²) in [5, 5.41) is 28.8. The number of hydrogen-bond donors (Lipinski definition) is 5. The molecule has 7 heteroatoms. The fourth-order valence-corrected chi connectivity index (χ4v) is 1.37. The monoisotopic (exact) mass is 298 g/mol. The first-order valence-electron chi connectivity index (χ1n) is 6.40. The lowest BCUT2D eigenvalue weighted by atomic mass is 10.0. The smallest absolute Gasteiger partial charge is 0.321 e. The van der Waals surface area contributed by atoms with Gasteiger partial charge in [-0.05, 0) is 19.5 Å². The van der Waals surface area contributed by atoms with E-state index in [1.807, 2.05) is 44.3 Å². The zero-order valence-corrected chi connectivity index (χ0v) is 12.1. The number of aliphatic hydroxyl groups is 1. The Labute approximate surface area is 123 Å². The number of aliphatic carboxylic acids is 2. The van der Waals surface area contributed by atoms with E-state index < -0.39 is 30.5 Å². The molecule has 0 radical (unpaired) electrons. The third kappa shape index (κ3) is 8.03. The number of carboxylic acid groups (broad SMARTS) is 2. The summed E-state index contributed by atoms with van der Waals surface area (Å²) < 4.78 is 0. The average molecular weight is 298 g/mol. The Morgan fingerprint density at radius 3 is 2.10 bits per heavy atom. The molecular formula is C14H22N2O5. The van der Waals surface area contributed by atoms with Gasteiger partial charge >= 0.3 is 11.9 Å². The van der Waals surface area contributed by atoms with Gasteiger partial charge in [0, 0.05) is 6.04 Å². The summed E-state index contributed by atoms with van der Waals surface area (Å²) in [6.07, 6.45) is -0.953. The minimum absolute atomic E-state index is 0.0902. The summed E-state index contributed by atoms with van der Waals surface area (Å²) in [6, 6.07) is 8.47. The first-order chi connectivity index (χ1) is 9.79. The van der Waals surface area contributed by atoms with E-state index in [0.717, 1.165) is 5.56 Å². The molecule has 0 aromatic heterocycles. The van der Waals surface area contributed by atoms with Gasteiger partial charge < -0.3 is 26.4 Å². The van der Waals surface area contributed by atoms with Crippen LogP contribution in [0.3, 0.4) is 0 Å². The largest absolute Gasteiger partial charge is 0.481 e. The van der Waals surface area contributed by atoms with Crippen molar-refractivity contribution in [2.75, 3.05) is 7.05 Å². The van der Waals surface area contributed by atoms with E-state index in [1.54, 1.807) is 0 Å². The lowest BCUT2D eigenvalue weighted by Gasteiger charge is -2.17. The van der Waals surface area contributed by atoms with Crippen LogP contribution >= 0.6 is 0 Å². The minimum Gasteiger partial charge on any atom is -0.481 e. The summed E-state index contributed by atoms with van der Waals surface area (Å²) in [5.74, 6) is -2.50. The van der Waals surface area contributed by atoms with Crippen LogP contribution in [0.25, 0.3) is 0 Å². The van der Waals surface area contributed by atoms with E-state index in [9.17, 15) is 14.7 Å². The molecule has 0 aliphatic rings. The summed E-state index contributed by atoms with van der Waals surface area (Å²) in [5.41, 5.74) is 5.79. The van der Waals surface area contributed by atoms with Gasteiger partial charge in [-0.3, -0.25) is 9.59 Å². The van der Waals surface area contributed by atoms with E-state index >= 15 is 0 Å². The molecular weight excluding hydrogens is 276 g/mol. The van der Waals surface area contributed by atoms with Crippen LogP contribution in [-0.4, -0.2) is 46.4 Å². The van der Waals surface area contributed by atoms with Crippen LogP contribution in [0.1, 0.15) is 25.0 Å². The van der Waals surface area contributed by atoms with Gasteiger partial charge in [0.1, 0.15) is 6.04 Å². The number of nitrogens with two attached hydrogens (primary N) is 1. The maximum Gasteiger partial charge on any atom is 0.321 e. The third-order valence-electron chi connectivity index (χ3n) is 2.78. The minimum atomic E-state index is -1.29. The van der Waals surface area contributed by atoms with Gasteiger partial charge in [0.05, 0.1) is 12.5 Å². The van der Waals surface area contributed by atoms with Gasteiger partial charge in [-0.15, -0.1) is 0 Å². The molecule has 118 valence electrons. The number of aliphatic hydroxyl groups excluding tert-OH is 1. The van der Waals surface area contributed by atoms with Gasteiger partial charge in [0.15, 0.2) is 0 Å². The quantitative estimate of drug-likeness (QED) is 0.506. The molecule has 0 saturated heterocycles. The van der Waals surface area contributed by atoms with Crippen LogP contribution in [0.2, 0.25) is 0 Å². The van der Waals surface area contributed by atoms with Crippen molar-refractivity contribution in [2.24, 2.45) is 5.73 Å². The number of carboxylic acids is 2. The summed E-state index contributed by atoms with van der Waals surface area (Å²) >= 11 is 0. The Kier molecular flexibility index (Phi) is 8.95. The Hall–Kier alpha value is -1.96. The van der Waals surface area contributed by atoms with Crippen LogP contribution in [0, 0.1) is 0 Å². The van der Waals surface area contributed by atoms with E-state index in [4.69, 9.17) is 15.9 Å². The molecule has 1 rings (SSSR count). The second-order valence-electron chi connectivity index (χ2n) is 4.48. The zero-order valence-electron chi connectivity index (χ0n) is 12.1. The van der Waals surface area contributed by atoms with E-state index in [1.165, 1.54) is 0 Å². The van der Waals surface area contributed by atoms with Crippen molar-refractivity contribution < 1.29 is 24.9 Å². The van der Waals surface area contributed by atoms with Crippen LogP contribution in [-0.2, 0) is 9.59 Å². The van der Waals surface area contributed by atoms with Crippen LogP contribution in [0.5, 0.6) is 0 Å². The van der Waals surface area contributed by atoms with Gasteiger partial charge in [0.25, 0.3) is 0 Å². The van der Waals surface area contributed by atoms with Gasteiger partial charge in [-0.2, -0.15) is 0 Å². The number of benzene rings is 1. The molecule has 0 amide bonds. The summed E-state index contributed by atoms with van der Waals surface area (Å²) in [6.45, 7) is 1.96. The number of likely N-dealkylation sites (N-methyl/N-ethyl adjacent to an activating group) is 1. The molecule has 6 N–H and O–H groups in total. The third-order valence-corrected chi connectivity index (χ3v) is 2.78. The Morgan fingerprint density at radius 2 is 1.76 bits per heavy atom. The molecule has 0 saturated carbocycles. The number of hydrogen-bond acceptors (Lipinski definition) is 5. The van der Waals surface area contributed by atoms with Crippen molar-refractivity contribution in [3.05, 3.63) is 35.9 Å². The molecule has 0 fully saturated rings. The van der Waals surface area contributed by atoms with E-state index in [0.29, 0.717) is 0 Å². The summed E-state index contributed by atoms with van der Waals surface area (Å²) in [4.78, 5) is 19.6. The highest BCUT2D eigenvalue weighted by Gasteiger charge is 2.14. The Bertz CT molecular complexity index is 438. The van der Waals surface area contributed by atoms with Crippen molar-refractivity contribution in [3.8, 4) is 0 Å². The second kappa shape index (κ2) is 9.87. The van der Waals surface area contributed by atoms with Crippen molar-refractivity contribution in [2.45, 2.75) is 31.5 Å². The molecule has 21 heavy (non-hydrogen) atoms. The van der Waals surface area contributed by atoms with Gasteiger partial charge in [-0.25, -0.2) is 0 Å². The highest BCUT2D eigenvalue weighted by Crippen LogP contribution is 2.15. The molecule has 1 aromatic carbocycles. The molecule has 7 nitrogen and oxygen atoms in total. The molecule has 0 aliphatic carbocycles. The van der Waals surface area contributed by atoms with Crippen molar-refractivity contribution >= 4 is 11.9 Å². The van der Waals surface area contributed by atoms with Gasteiger partial charge in [0.2, 0.25) is 0 Å². The first-order valence-corrected chi connectivity index (χ1v) is 6.40. The fraction of sp³-hybridized carbons (Fsp3) is 0.429. The lowest BCUT2D eigenvalue weighted by Crippen LogP contribution is -2.32. The van der Waals surface area contributed by atoms with Crippen LogP contribution < -0.4 is 11.1 Å². The predicted octanol–water partition coefficient (Wildman–Crippen LogP) is 0.201. The highest BCUT2D eigenvalue weighted by molar-refractivity contribution is 5.80. The predicted molar refractivity (Wildman–Crippen MR) is 77.8 cm³/mol. The molecule has 1 aromatic rings. The maximum absolute atomic E-state index is 9.85. The summed E-state index contributed by atoms with van der Waals surface area (Å²) in [7, 11) is 1.84. The highest BCUT2D eigenvalue weighted by atomic mass is 16.4. The molecule has 0 aliphatic heterocycles. The molecule has 0 spiro atoms. The first kappa shape index (κ1) is 19.0. The standard InChI is InChI=1S/C10H15NO.C4H7NO4/c1-8(11-2)10(12)9-6-4-3-5-7-9;5-2(4(8)9)1-3(6)7/h3-8,10-12H,1-2H3;2H,1,5H2,(H,6,7)(H,8,9)/t8-,10+;/m0./s1. The SMILES string of the molecule is CN[C@@H](C)[C@@H](O)c1ccccc1.NC(CC(=O)O)C(=O)O. The van der Waals surface area contributed by atoms with Gasteiger partial charge in [-0.1, -0.05) is 30.3 Å². The van der Waals surface area contributed by atoms with Crippen LogP contribution in [0.4, 0.5) is 0 Å². The average Bonchev–Trinajstić information content (AvgIpc) is 2.46. The normalized spacial score (nSPS) is 14.3. The van der Waals surface area contributed by atoms with E-state index in [2.05, 4.69) is 5.32 Å².